The van der Waals surface area contributed by atoms with Gasteiger partial charge in [0.05, 0.1) is 6.54 Å². The zero-order valence-corrected chi connectivity index (χ0v) is 14.6. The summed E-state index contributed by atoms with van der Waals surface area (Å²) < 4.78 is 5.75. The van der Waals surface area contributed by atoms with E-state index in [9.17, 15) is 4.79 Å². The second kappa shape index (κ2) is 8.13. The summed E-state index contributed by atoms with van der Waals surface area (Å²) in [5, 5.41) is 6.60. The summed E-state index contributed by atoms with van der Waals surface area (Å²) in [6.07, 6.45) is 0.448. The molecular formula is C17H19ClN2O2S. The first kappa shape index (κ1) is 17.5. The topological polar surface area (TPSA) is 54.3 Å². The van der Waals surface area contributed by atoms with Crippen molar-refractivity contribution in [3.05, 3.63) is 47.2 Å². The lowest BCUT2D eigenvalue weighted by Crippen LogP contribution is -2.39. The van der Waals surface area contributed by atoms with Crippen molar-refractivity contribution >= 4 is 34.8 Å². The van der Waals surface area contributed by atoms with E-state index in [-0.39, 0.29) is 5.91 Å². The van der Waals surface area contributed by atoms with Crippen LogP contribution < -0.4 is 10.6 Å². The van der Waals surface area contributed by atoms with Crippen molar-refractivity contribution in [2.75, 3.05) is 0 Å². The van der Waals surface area contributed by atoms with Crippen molar-refractivity contribution < 1.29 is 9.21 Å². The van der Waals surface area contributed by atoms with Gasteiger partial charge < -0.3 is 15.1 Å². The Hall–Kier alpha value is -1.85. The third-order valence-electron chi connectivity index (χ3n) is 3.06. The molecule has 0 atom stereocenters. The summed E-state index contributed by atoms with van der Waals surface area (Å²) in [5.41, 5.74) is 0.952. The summed E-state index contributed by atoms with van der Waals surface area (Å²) in [4.78, 5) is 11.6. The molecule has 2 aromatic rings. The molecule has 122 valence electrons. The number of furan rings is 1. The maximum Gasteiger partial charge on any atom is 0.226 e. The van der Waals surface area contributed by atoms with Crippen LogP contribution in [0, 0.1) is 5.92 Å². The smallest absolute Gasteiger partial charge is 0.226 e. The molecular weight excluding hydrogens is 332 g/mol. The Labute approximate surface area is 146 Å². The number of nitrogens with one attached hydrogen (secondary N) is 2. The first-order valence-electron chi connectivity index (χ1n) is 7.36. The fraction of sp³-hybridized carbons (Fsp3) is 0.294. The van der Waals surface area contributed by atoms with Crippen molar-refractivity contribution in [2.24, 2.45) is 5.92 Å². The lowest BCUT2D eigenvalue weighted by molar-refractivity contribution is -0.120. The summed E-state index contributed by atoms with van der Waals surface area (Å²) >= 11 is 11.0. The van der Waals surface area contributed by atoms with Gasteiger partial charge in [-0.2, -0.15) is 0 Å². The zero-order chi connectivity index (χ0) is 16.8. The van der Waals surface area contributed by atoms with E-state index in [4.69, 9.17) is 28.2 Å². The van der Waals surface area contributed by atoms with Crippen LogP contribution in [0.25, 0.3) is 11.3 Å². The van der Waals surface area contributed by atoms with Crippen LogP contribution in [0.3, 0.4) is 0 Å². The van der Waals surface area contributed by atoms with Gasteiger partial charge in [-0.05, 0) is 54.5 Å². The first-order valence-corrected chi connectivity index (χ1v) is 8.15. The van der Waals surface area contributed by atoms with Crippen molar-refractivity contribution in [2.45, 2.75) is 26.8 Å². The minimum atomic E-state index is -0.0844. The van der Waals surface area contributed by atoms with E-state index in [1.165, 1.54) is 0 Å². The lowest BCUT2D eigenvalue weighted by Gasteiger charge is -2.09. The molecule has 0 saturated carbocycles. The molecule has 1 amide bonds. The van der Waals surface area contributed by atoms with Gasteiger partial charge in [-0.25, -0.2) is 0 Å². The zero-order valence-electron chi connectivity index (χ0n) is 13.1. The van der Waals surface area contributed by atoms with Crippen molar-refractivity contribution in [1.29, 1.82) is 0 Å². The summed E-state index contributed by atoms with van der Waals surface area (Å²) in [6, 6.07) is 11.2. The maximum atomic E-state index is 11.6. The van der Waals surface area contributed by atoms with Crippen molar-refractivity contribution in [3.8, 4) is 11.3 Å². The molecule has 1 aromatic heterocycles. The van der Waals surface area contributed by atoms with Crippen LogP contribution in [-0.4, -0.2) is 11.0 Å². The molecule has 1 aromatic carbocycles. The van der Waals surface area contributed by atoms with Crippen LogP contribution in [0.2, 0.25) is 5.02 Å². The van der Waals surface area contributed by atoms with Crippen LogP contribution in [0.4, 0.5) is 0 Å². The largest absolute Gasteiger partial charge is 0.459 e. The highest BCUT2D eigenvalue weighted by atomic mass is 35.5. The molecule has 0 radical (unpaired) electrons. The van der Waals surface area contributed by atoms with E-state index in [1.54, 1.807) is 0 Å². The van der Waals surface area contributed by atoms with Gasteiger partial charge in [-0.15, -0.1) is 0 Å². The van der Waals surface area contributed by atoms with Crippen molar-refractivity contribution in [1.82, 2.24) is 10.6 Å². The second-order valence-corrected chi connectivity index (χ2v) is 6.45. The van der Waals surface area contributed by atoms with Gasteiger partial charge in [-0.1, -0.05) is 25.4 Å². The molecule has 6 heteroatoms. The normalized spacial score (nSPS) is 10.6. The number of halogens is 1. The van der Waals surface area contributed by atoms with Gasteiger partial charge in [0.25, 0.3) is 0 Å². The van der Waals surface area contributed by atoms with E-state index >= 15 is 0 Å². The van der Waals surface area contributed by atoms with Gasteiger partial charge in [0.15, 0.2) is 5.11 Å². The minimum absolute atomic E-state index is 0.0844. The quantitative estimate of drug-likeness (QED) is 0.796. The van der Waals surface area contributed by atoms with Gasteiger partial charge >= 0.3 is 0 Å². The highest BCUT2D eigenvalue weighted by Crippen LogP contribution is 2.23. The third kappa shape index (κ3) is 5.69. The Kier molecular flexibility index (Phi) is 6.19. The fourth-order valence-corrected chi connectivity index (χ4v) is 2.31. The number of carbonyl (C=O) groups excluding carboxylic acids is 1. The molecule has 0 fully saturated rings. The van der Waals surface area contributed by atoms with Gasteiger partial charge in [-0.3, -0.25) is 4.79 Å². The standard InChI is InChI=1S/C17H19ClN2O2S/c1-11(2)9-16(21)20-17(23)19-10-14-7-8-15(22-14)12-3-5-13(18)6-4-12/h3-8,11H,9-10H2,1-2H3,(H2,19,20,21,23). The van der Waals surface area contributed by atoms with E-state index < -0.39 is 0 Å². The van der Waals surface area contributed by atoms with Crippen LogP contribution in [-0.2, 0) is 11.3 Å². The SMILES string of the molecule is CC(C)CC(=O)NC(=S)NCc1ccc(-c2ccc(Cl)cc2)o1. The van der Waals surface area contributed by atoms with Crippen LogP contribution in [0.1, 0.15) is 26.0 Å². The molecule has 1 heterocycles. The molecule has 0 bridgehead atoms. The Morgan fingerprint density at radius 3 is 2.57 bits per heavy atom. The number of hydrogen-bond donors (Lipinski definition) is 2. The predicted molar refractivity (Wildman–Crippen MR) is 96.2 cm³/mol. The van der Waals surface area contributed by atoms with Crippen LogP contribution in [0.15, 0.2) is 40.8 Å². The average Bonchev–Trinajstić information content (AvgIpc) is 2.94. The van der Waals surface area contributed by atoms with Crippen LogP contribution in [0.5, 0.6) is 0 Å². The Balaban J connectivity index is 1.86. The minimum Gasteiger partial charge on any atom is -0.459 e. The Bertz CT molecular complexity index is 680. The van der Waals surface area contributed by atoms with Gasteiger partial charge in [0.2, 0.25) is 5.91 Å². The average molecular weight is 351 g/mol. The van der Waals surface area contributed by atoms with E-state index in [2.05, 4.69) is 10.6 Å². The van der Waals surface area contributed by atoms with E-state index in [1.807, 2.05) is 50.2 Å². The molecule has 0 unspecified atom stereocenters. The van der Waals surface area contributed by atoms with Gasteiger partial charge in [0.1, 0.15) is 11.5 Å². The predicted octanol–water partition coefficient (Wildman–Crippen LogP) is 4.14. The highest BCUT2D eigenvalue weighted by molar-refractivity contribution is 7.80. The second-order valence-electron chi connectivity index (χ2n) is 5.60. The molecule has 2 rings (SSSR count). The summed E-state index contributed by atoms with van der Waals surface area (Å²) in [5.74, 6) is 1.70. The van der Waals surface area contributed by atoms with Crippen molar-refractivity contribution in [3.63, 3.8) is 0 Å². The van der Waals surface area contributed by atoms with E-state index in [0.29, 0.717) is 29.0 Å². The number of hydrogen-bond acceptors (Lipinski definition) is 3. The highest BCUT2D eigenvalue weighted by Gasteiger charge is 2.08. The molecule has 0 aliphatic heterocycles. The lowest BCUT2D eigenvalue weighted by atomic mass is 10.1. The molecule has 0 aliphatic rings. The molecule has 4 nitrogen and oxygen atoms in total. The number of benzene rings is 1. The number of thiocarbonyl (C=S) groups is 1. The number of carbonyl (C=O) groups is 1. The maximum absolute atomic E-state index is 11.6. The summed E-state index contributed by atoms with van der Waals surface area (Å²) in [7, 11) is 0. The monoisotopic (exact) mass is 350 g/mol. The molecule has 2 N–H and O–H groups in total. The fourth-order valence-electron chi connectivity index (χ4n) is 2.00. The number of rotatable bonds is 5. The molecule has 0 aliphatic carbocycles. The Morgan fingerprint density at radius 1 is 1.22 bits per heavy atom. The van der Waals surface area contributed by atoms with Gasteiger partial charge in [0, 0.05) is 17.0 Å². The first-order chi connectivity index (χ1) is 10.9. The summed E-state index contributed by atoms with van der Waals surface area (Å²) in [6.45, 7) is 4.38. The Morgan fingerprint density at radius 2 is 1.91 bits per heavy atom. The third-order valence-corrected chi connectivity index (χ3v) is 3.56. The van der Waals surface area contributed by atoms with Crippen LogP contribution >= 0.6 is 23.8 Å². The molecule has 0 spiro atoms. The van der Waals surface area contributed by atoms with E-state index in [0.717, 1.165) is 17.1 Å². The molecule has 23 heavy (non-hydrogen) atoms. The molecule has 0 saturated heterocycles. The number of amides is 1.